The van der Waals surface area contributed by atoms with E-state index in [9.17, 15) is 19.8 Å². The van der Waals surface area contributed by atoms with Crippen LogP contribution in [0.1, 0.15) is 132 Å². The van der Waals surface area contributed by atoms with Crippen molar-refractivity contribution in [3.05, 3.63) is 48.0 Å². The van der Waals surface area contributed by atoms with Crippen LogP contribution in [0.15, 0.2) is 42.5 Å². The summed E-state index contributed by atoms with van der Waals surface area (Å²) in [6.45, 7) is 25.1. The maximum Gasteiger partial charge on any atom is 0.325 e. The molecule has 3 N–H and O–H groups in total. The van der Waals surface area contributed by atoms with Gasteiger partial charge in [-0.3, -0.25) is 9.59 Å². The lowest BCUT2D eigenvalue weighted by molar-refractivity contribution is -0.903. The fourth-order valence-corrected chi connectivity index (χ4v) is 13.7. The van der Waals surface area contributed by atoms with Crippen LogP contribution in [-0.2, 0) is 16.1 Å². The summed E-state index contributed by atoms with van der Waals surface area (Å²) in [7, 11) is 4.58. The number of fused-ring (bicyclic) bond motifs is 7. The summed E-state index contributed by atoms with van der Waals surface area (Å²) >= 11 is 0. The smallest absolute Gasteiger partial charge is 0.325 e. The molecule has 6 nitrogen and oxygen atoms in total. The van der Waals surface area contributed by atoms with E-state index in [1.165, 1.54) is 43.4 Å². The molecule has 0 saturated heterocycles. The molecule has 0 aromatic heterocycles. The molecular formula is C45H73N2O4+. The monoisotopic (exact) mass is 706 g/mol. The van der Waals surface area contributed by atoms with Crippen LogP contribution in [-0.4, -0.2) is 59.4 Å². The number of hydrogen-bond donors (Lipinski definition) is 3. The van der Waals surface area contributed by atoms with E-state index in [0.717, 1.165) is 56.0 Å². The van der Waals surface area contributed by atoms with Crippen molar-refractivity contribution in [1.82, 2.24) is 5.32 Å². The summed E-state index contributed by atoms with van der Waals surface area (Å²) in [5.41, 5.74) is 2.64. The third-order valence-corrected chi connectivity index (χ3v) is 16.5. The molecule has 0 aliphatic heterocycles. The van der Waals surface area contributed by atoms with Crippen LogP contribution >= 0.6 is 0 Å². The molecule has 1 aromatic rings. The molecule has 0 bridgehead atoms. The molecule has 6 rings (SSSR count). The minimum atomic E-state index is -0.972. The fraction of sp³-hybridized carbons (Fsp3) is 0.778. The average molecular weight is 706 g/mol. The second-order valence-electron chi connectivity index (χ2n) is 20.1. The van der Waals surface area contributed by atoms with Gasteiger partial charge in [0.2, 0.25) is 5.91 Å². The number of amides is 1. The quantitative estimate of drug-likeness (QED) is 0.186. The van der Waals surface area contributed by atoms with E-state index in [-0.39, 0.29) is 39.6 Å². The zero-order chi connectivity index (χ0) is 37.8. The molecule has 0 unspecified atom stereocenters. The predicted octanol–water partition coefficient (Wildman–Crippen LogP) is 9.27. The molecule has 286 valence electrons. The van der Waals surface area contributed by atoms with Crippen LogP contribution in [0.4, 0.5) is 0 Å². The Balaban J connectivity index is 0.000000328. The maximum atomic E-state index is 13.9. The van der Waals surface area contributed by atoms with Crippen molar-refractivity contribution in [1.29, 1.82) is 0 Å². The number of aliphatic hydroxyl groups excluding tert-OH is 1. The number of benzene rings is 1. The highest BCUT2D eigenvalue weighted by atomic mass is 16.4. The molecule has 5 aliphatic carbocycles. The van der Waals surface area contributed by atoms with Crippen LogP contribution in [0.5, 0.6) is 0 Å². The van der Waals surface area contributed by atoms with Gasteiger partial charge in [0.15, 0.2) is 0 Å². The third kappa shape index (κ3) is 6.77. The highest BCUT2D eigenvalue weighted by Gasteiger charge is 2.71. The van der Waals surface area contributed by atoms with Gasteiger partial charge in [-0.15, -0.1) is 0 Å². The molecule has 1 amide bonds. The van der Waals surface area contributed by atoms with E-state index in [2.05, 4.69) is 105 Å². The van der Waals surface area contributed by atoms with Gasteiger partial charge in [-0.2, -0.15) is 0 Å². The number of nitrogens with one attached hydrogen (secondary N) is 1. The molecule has 5 fully saturated rings. The van der Waals surface area contributed by atoms with Crippen molar-refractivity contribution in [2.75, 3.05) is 20.6 Å². The summed E-state index contributed by atoms with van der Waals surface area (Å²) < 4.78 is 1.08. The van der Waals surface area contributed by atoms with E-state index in [1.54, 1.807) is 6.92 Å². The first kappa shape index (κ1) is 40.0. The predicted molar refractivity (Wildman–Crippen MR) is 208 cm³/mol. The van der Waals surface area contributed by atoms with E-state index in [1.807, 2.05) is 0 Å². The molecule has 5 aliphatic rings. The second kappa shape index (κ2) is 14.2. The van der Waals surface area contributed by atoms with Crippen molar-refractivity contribution in [3.8, 4) is 0 Å². The Kier molecular flexibility index (Phi) is 11.2. The Bertz CT molecular complexity index is 1440. The van der Waals surface area contributed by atoms with E-state index in [4.69, 9.17) is 0 Å². The van der Waals surface area contributed by atoms with Crippen molar-refractivity contribution in [2.24, 2.45) is 56.7 Å². The topological polar surface area (TPSA) is 86.6 Å². The lowest BCUT2D eigenvalue weighted by Gasteiger charge is -2.72. The number of rotatable bonds is 8. The van der Waals surface area contributed by atoms with Crippen LogP contribution < -0.4 is 5.32 Å². The number of aliphatic hydroxyl groups is 1. The van der Waals surface area contributed by atoms with E-state index >= 15 is 0 Å². The molecule has 0 spiro atoms. The number of carbonyl (C=O) groups excluding carboxylic acids is 1. The third-order valence-electron chi connectivity index (χ3n) is 16.5. The van der Waals surface area contributed by atoms with Crippen LogP contribution in [0, 0.1) is 56.7 Å². The molecule has 51 heavy (non-hydrogen) atoms. The molecule has 1 aromatic carbocycles. The Morgan fingerprint density at radius 2 is 1.57 bits per heavy atom. The highest BCUT2D eigenvalue weighted by Crippen LogP contribution is 2.77. The SMILES string of the molecule is C=C(C)[C@@H]1CC[C@]2(C(=O)N[C@H](C)C(=O)O)CC[C@]3(C)[C@H](CC[C@@H]4[C@@]5(C)CC[C@H](O)C(C)(C)[C@@H]5CC[C@]43C)[C@@H]12.CCC[N+](C)(C)Cc1ccccc1. The van der Waals surface area contributed by atoms with Gasteiger partial charge in [0, 0.05) is 5.56 Å². The van der Waals surface area contributed by atoms with Gasteiger partial charge in [0.05, 0.1) is 32.2 Å². The number of aliphatic carboxylic acids is 1. The zero-order valence-corrected chi connectivity index (χ0v) is 34.0. The Morgan fingerprint density at radius 3 is 2.18 bits per heavy atom. The van der Waals surface area contributed by atoms with Gasteiger partial charge in [0.25, 0.3) is 0 Å². The molecule has 0 radical (unpaired) electrons. The minimum Gasteiger partial charge on any atom is -0.480 e. The first-order chi connectivity index (χ1) is 23.7. The molecular weight excluding hydrogens is 633 g/mol. The van der Waals surface area contributed by atoms with Crippen LogP contribution in [0.2, 0.25) is 0 Å². The van der Waals surface area contributed by atoms with Crippen molar-refractivity contribution in [2.45, 2.75) is 145 Å². The first-order valence-electron chi connectivity index (χ1n) is 20.4. The van der Waals surface area contributed by atoms with Crippen molar-refractivity contribution in [3.63, 3.8) is 0 Å². The van der Waals surface area contributed by atoms with E-state index < -0.39 is 17.4 Å². The number of quaternary nitrogens is 1. The number of nitrogens with zero attached hydrogens (tertiary/aromatic N) is 1. The Morgan fingerprint density at radius 1 is 0.902 bits per heavy atom. The largest absolute Gasteiger partial charge is 0.480 e. The zero-order valence-electron chi connectivity index (χ0n) is 34.0. The van der Waals surface area contributed by atoms with Gasteiger partial charge in [-0.05, 0) is 136 Å². The van der Waals surface area contributed by atoms with Gasteiger partial charge in [-0.25, -0.2) is 0 Å². The number of carboxylic acid groups (broad SMARTS) is 1. The molecule has 0 heterocycles. The summed E-state index contributed by atoms with van der Waals surface area (Å²) in [5.74, 6) is 1.15. The first-order valence-corrected chi connectivity index (χ1v) is 20.4. The van der Waals surface area contributed by atoms with Gasteiger partial charge >= 0.3 is 5.97 Å². The van der Waals surface area contributed by atoms with Gasteiger partial charge in [-0.1, -0.05) is 84.0 Å². The molecule has 11 atom stereocenters. The average Bonchev–Trinajstić information content (AvgIpc) is 3.45. The van der Waals surface area contributed by atoms with Gasteiger partial charge < -0.3 is 20.0 Å². The lowest BCUT2D eigenvalue weighted by Crippen LogP contribution is -2.67. The Hall–Kier alpha value is -2.18. The summed E-state index contributed by atoms with van der Waals surface area (Å²) in [6.07, 6.45) is 11.4. The van der Waals surface area contributed by atoms with Crippen LogP contribution in [0.25, 0.3) is 0 Å². The molecule has 6 heteroatoms. The number of carbonyl (C=O) groups is 2. The Labute approximate surface area is 310 Å². The summed E-state index contributed by atoms with van der Waals surface area (Å²) in [6, 6.07) is 9.83. The number of hydrogen-bond acceptors (Lipinski definition) is 3. The molecule has 5 saturated carbocycles. The van der Waals surface area contributed by atoms with Crippen molar-refractivity contribution >= 4 is 11.9 Å². The summed E-state index contributed by atoms with van der Waals surface area (Å²) in [4.78, 5) is 25.6. The fourth-order valence-electron chi connectivity index (χ4n) is 13.7. The van der Waals surface area contributed by atoms with Crippen molar-refractivity contribution < 1.29 is 24.3 Å². The minimum absolute atomic E-state index is 0.0332. The maximum absolute atomic E-state index is 13.9. The number of carboxylic acids is 1. The van der Waals surface area contributed by atoms with Gasteiger partial charge in [0.1, 0.15) is 12.6 Å². The summed E-state index contributed by atoms with van der Waals surface area (Å²) in [5, 5.41) is 23.4. The normalized spacial score (nSPS) is 40.2. The highest BCUT2D eigenvalue weighted by molar-refractivity contribution is 5.88. The standard InChI is InChI=1S/C33H53NO4.C12H20N/c1-19(2)21-11-16-33(28(38)34-20(3)27(36)37)18-17-31(7)22(26(21)33)9-10-24-30(6)14-13-25(35)29(4,5)23(30)12-15-32(24,31)8;1-4-10-13(2,3)11-12-8-6-5-7-9-12/h20-26,35H,1,9-18H2,2-8H3,(H,34,38)(H,36,37);5-9H,4,10-11H2,1-3H3/q;+1/t20-,21+,22-,23+,24-,25+,26-,30+,31-,32-,33+;/m1./s1. The lowest BCUT2D eigenvalue weighted by atomic mass is 9.32. The number of allylic oxidation sites excluding steroid dienone is 1. The van der Waals surface area contributed by atoms with Crippen LogP contribution in [0.3, 0.4) is 0 Å². The second-order valence-corrected chi connectivity index (χ2v) is 20.1. The van der Waals surface area contributed by atoms with E-state index in [0.29, 0.717) is 23.7 Å².